The van der Waals surface area contributed by atoms with Gasteiger partial charge in [-0.15, -0.1) is 0 Å². The first-order valence-electron chi connectivity index (χ1n) is 6.44. The van der Waals surface area contributed by atoms with E-state index in [0.29, 0.717) is 13.0 Å². The Hall–Kier alpha value is -1.36. The lowest BCUT2D eigenvalue weighted by atomic mass is 10.2. The molecular weight excluding hydrogens is 230 g/mol. The summed E-state index contributed by atoms with van der Waals surface area (Å²) in [7, 11) is 0. The van der Waals surface area contributed by atoms with E-state index in [4.69, 9.17) is 0 Å². The maximum atomic E-state index is 12.0. The summed E-state index contributed by atoms with van der Waals surface area (Å²) in [5, 5.41) is 9.39. The second-order valence-electron chi connectivity index (χ2n) is 4.89. The monoisotopic (exact) mass is 253 g/mol. The van der Waals surface area contributed by atoms with Crippen molar-refractivity contribution in [1.29, 1.82) is 0 Å². The van der Waals surface area contributed by atoms with E-state index in [1.165, 1.54) is 0 Å². The molecule has 0 aliphatic rings. The molecule has 0 radical (unpaired) electrons. The van der Waals surface area contributed by atoms with Crippen LogP contribution in [0, 0.1) is 0 Å². The summed E-state index contributed by atoms with van der Waals surface area (Å²) in [6.45, 7) is 6.84. The topological polar surface area (TPSA) is 58.4 Å². The number of aliphatic hydroxyl groups excluding tert-OH is 1. The molecule has 0 aliphatic carbocycles. The van der Waals surface area contributed by atoms with Gasteiger partial charge in [0.1, 0.15) is 0 Å². The molecule has 102 valence electrons. The number of hydrogen-bond donors (Lipinski definition) is 1. The largest absolute Gasteiger partial charge is 0.392 e. The Morgan fingerprint density at radius 1 is 1.44 bits per heavy atom. The number of aryl methyl sites for hydroxylation is 1. The van der Waals surface area contributed by atoms with Gasteiger partial charge in [0.15, 0.2) is 0 Å². The van der Waals surface area contributed by atoms with Crippen LogP contribution >= 0.6 is 0 Å². The van der Waals surface area contributed by atoms with Crippen LogP contribution in [0.4, 0.5) is 0 Å². The minimum Gasteiger partial charge on any atom is -0.392 e. The normalized spacial score (nSPS) is 12.7. The van der Waals surface area contributed by atoms with E-state index in [1.807, 2.05) is 24.6 Å². The van der Waals surface area contributed by atoms with Gasteiger partial charge < -0.3 is 14.6 Å². The molecule has 0 aromatic carbocycles. The van der Waals surface area contributed by atoms with Gasteiger partial charge in [0.05, 0.1) is 12.4 Å². The van der Waals surface area contributed by atoms with Crippen molar-refractivity contribution in [2.75, 3.05) is 6.54 Å². The summed E-state index contributed by atoms with van der Waals surface area (Å²) in [6.07, 6.45) is 6.18. The van der Waals surface area contributed by atoms with Gasteiger partial charge in [-0.3, -0.25) is 4.79 Å². The minimum absolute atomic E-state index is 0.103. The highest BCUT2D eigenvalue weighted by atomic mass is 16.3. The van der Waals surface area contributed by atoms with Crippen LogP contribution in [-0.4, -0.2) is 44.2 Å². The third-order valence-corrected chi connectivity index (χ3v) is 2.77. The van der Waals surface area contributed by atoms with E-state index < -0.39 is 6.10 Å². The number of imidazole rings is 1. The zero-order chi connectivity index (χ0) is 13.5. The van der Waals surface area contributed by atoms with Crippen molar-refractivity contribution in [3.8, 4) is 0 Å². The SMILES string of the molecule is CC(O)CN(C(=O)CCCn1ccnc1)C(C)C. The molecule has 0 saturated heterocycles. The number of aliphatic hydroxyl groups is 1. The summed E-state index contributed by atoms with van der Waals surface area (Å²) in [4.78, 5) is 17.7. The van der Waals surface area contributed by atoms with Crippen molar-refractivity contribution in [1.82, 2.24) is 14.5 Å². The molecule has 5 nitrogen and oxygen atoms in total. The van der Waals surface area contributed by atoms with Crippen LogP contribution in [0.25, 0.3) is 0 Å². The van der Waals surface area contributed by atoms with Crippen molar-refractivity contribution in [3.05, 3.63) is 18.7 Å². The van der Waals surface area contributed by atoms with Gasteiger partial charge in [-0.2, -0.15) is 0 Å². The molecule has 0 fully saturated rings. The molecule has 18 heavy (non-hydrogen) atoms. The van der Waals surface area contributed by atoms with Crippen molar-refractivity contribution in [2.45, 2.75) is 52.3 Å². The number of rotatable bonds is 7. The van der Waals surface area contributed by atoms with Gasteiger partial charge in [0.25, 0.3) is 0 Å². The predicted molar refractivity (Wildman–Crippen MR) is 70.0 cm³/mol. The maximum absolute atomic E-state index is 12.0. The van der Waals surface area contributed by atoms with Crippen LogP contribution in [-0.2, 0) is 11.3 Å². The molecule has 1 unspecified atom stereocenters. The second kappa shape index (κ2) is 7.16. The smallest absolute Gasteiger partial charge is 0.222 e. The molecule has 5 heteroatoms. The highest BCUT2D eigenvalue weighted by Crippen LogP contribution is 2.06. The fourth-order valence-electron chi connectivity index (χ4n) is 1.86. The van der Waals surface area contributed by atoms with Gasteiger partial charge in [-0.05, 0) is 27.2 Å². The first-order chi connectivity index (χ1) is 8.50. The van der Waals surface area contributed by atoms with E-state index in [0.717, 1.165) is 13.0 Å². The molecule has 1 atom stereocenters. The van der Waals surface area contributed by atoms with Gasteiger partial charge >= 0.3 is 0 Å². The van der Waals surface area contributed by atoms with Gasteiger partial charge in [0, 0.05) is 37.9 Å². The zero-order valence-corrected chi connectivity index (χ0v) is 11.4. The number of nitrogens with zero attached hydrogens (tertiary/aromatic N) is 3. The molecule has 0 spiro atoms. The average molecular weight is 253 g/mol. The molecule has 0 saturated carbocycles. The van der Waals surface area contributed by atoms with E-state index in [9.17, 15) is 9.90 Å². The Labute approximate surface area is 108 Å². The standard InChI is InChI=1S/C13H23N3O2/c1-11(2)16(9-12(3)17)13(18)5-4-7-15-8-6-14-10-15/h6,8,10-12,17H,4-5,7,9H2,1-3H3. The van der Waals surface area contributed by atoms with E-state index in [2.05, 4.69) is 4.98 Å². The van der Waals surface area contributed by atoms with Crippen LogP contribution in [0.15, 0.2) is 18.7 Å². The maximum Gasteiger partial charge on any atom is 0.222 e. The summed E-state index contributed by atoms with van der Waals surface area (Å²) in [6, 6.07) is 0.125. The Morgan fingerprint density at radius 3 is 2.67 bits per heavy atom. The van der Waals surface area contributed by atoms with Crippen LogP contribution in [0.2, 0.25) is 0 Å². The molecule has 1 aromatic rings. The van der Waals surface area contributed by atoms with E-state index >= 15 is 0 Å². The fraction of sp³-hybridized carbons (Fsp3) is 0.692. The number of hydrogen-bond acceptors (Lipinski definition) is 3. The molecule has 1 heterocycles. The lowest BCUT2D eigenvalue weighted by Gasteiger charge is -2.28. The number of aromatic nitrogens is 2. The Kier molecular flexibility index (Phi) is 5.85. The van der Waals surface area contributed by atoms with E-state index in [-0.39, 0.29) is 11.9 Å². The van der Waals surface area contributed by atoms with Crippen molar-refractivity contribution in [3.63, 3.8) is 0 Å². The molecule has 0 aliphatic heterocycles. The van der Waals surface area contributed by atoms with Crippen molar-refractivity contribution < 1.29 is 9.90 Å². The lowest BCUT2D eigenvalue weighted by molar-refractivity contribution is -0.134. The molecule has 1 aromatic heterocycles. The Bertz CT molecular complexity index is 347. The fourth-order valence-corrected chi connectivity index (χ4v) is 1.86. The van der Waals surface area contributed by atoms with Gasteiger partial charge in [-0.1, -0.05) is 0 Å². The molecular formula is C13H23N3O2. The molecule has 0 bridgehead atoms. The Morgan fingerprint density at radius 2 is 2.17 bits per heavy atom. The van der Waals surface area contributed by atoms with Crippen LogP contribution in [0.1, 0.15) is 33.6 Å². The van der Waals surface area contributed by atoms with Crippen LogP contribution in [0.3, 0.4) is 0 Å². The summed E-state index contributed by atoms with van der Waals surface area (Å²) in [5.74, 6) is 0.103. The van der Waals surface area contributed by atoms with Crippen molar-refractivity contribution in [2.24, 2.45) is 0 Å². The number of carbonyl (C=O) groups excluding carboxylic acids is 1. The summed E-state index contributed by atoms with van der Waals surface area (Å²) >= 11 is 0. The number of carbonyl (C=O) groups is 1. The quantitative estimate of drug-likeness (QED) is 0.796. The van der Waals surface area contributed by atoms with Crippen LogP contribution in [0.5, 0.6) is 0 Å². The minimum atomic E-state index is -0.481. The molecule has 1 N–H and O–H groups in total. The molecule has 1 amide bonds. The molecule has 1 rings (SSSR count). The average Bonchev–Trinajstić information content (AvgIpc) is 2.78. The van der Waals surface area contributed by atoms with Gasteiger partial charge in [-0.25, -0.2) is 4.98 Å². The van der Waals surface area contributed by atoms with Crippen LogP contribution < -0.4 is 0 Å². The first kappa shape index (κ1) is 14.7. The second-order valence-corrected chi connectivity index (χ2v) is 4.89. The van der Waals surface area contributed by atoms with Gasteiger partial charge in [0.2, 0.25) is 5.91 Å². The lowest BCUT2D eigenvalue weighted by Crippen LogP contribution is -2.41. The number of amides is 1. The predicted octanol–water partition coefficient (Wildman–Crippen LogP) is 1.28. The Balaban J connectivity index is 2.37. The highest BCUT2D eigenvalue weighted by Gasteiger charge is 2.17. The summed E-state index contributed by atoms with van der Waals surface area (Å²) in [5.41, 5.74) is 0. The van der Waals surface area contributed by atoms with Crippen molar-refractivity contribution >= 4 is 5.91 Å². The third kappa shape index (κ3) is 4.87. The zero-order valence-electron chi connectivity index (χ0n) is 11.4. The third-order valence-electron chi connectivity index (χ3n) is 2.77. The highest BCUT2D eigenvalue weighted by molar-refractivity contribution is 5.76. The summed E-state index contributed by atoms with van der Waals surface area (Å²) < 4.78 is 1.96. The first-order valence-corrected chi connectivity index (χ1v) is 6.44. The van der Waals surface area contributed by atoms with E-state index in [1.54, 1.807) is 24.3 Å².